The van der Waals surface area contributed by atoms with Crippen molar-refractivity contribution in [2.45, 2.75) is 46.5 Å². The van der Waals surface area contributed by atoms with Crippen LogP contribution in [0.2, 0.25) is 0 Å². The van der Waals surface area contributed by atoms with E-state index < -0.39 is 0 Å². The maximum absolute atomic E-state index is 12.6. The van der Waals surface area contributed by atoms with Gasteiger partial charge in [-0.2, -0.15) is 0 Å². The van der Waals surface area contributed by atoms with Crippen molar-refractivity contribution < 1.29 is 9.59 Å². The molecule has 1 saturated heterocycles. The predicted molar refractivity (Wildman–Crippen MR) is 114 cm³/mol. The number of carbonyl (C=O) groups is 2. The van der Waals surface area contributed by atoms with Crippen LogP contribution in [-0.4, -0.2) is 46.3 Å². The number of thiazole rings is 2. The number of aryl methyl sites for hydroxylation is 2. The molecule has 2 N–H and O–H groups in total. The predicted octanol–water partition coefficient (Wildman–Crippen LogP) is 3.63. The van der Waals surface area contributed by atoms with Crippen LogP contribution in [0.25, 0.3) is 0 Å². The fourth-order valence-electron chi connectivity index (χ4n) is 3.12. The van der Waals surface area contributed by atoms with E-state index in [0.717, 1.165) is 35.7 Å². The van der Waals surface area contributed by atoms with Crippen molar-refractivity contribution in [3.8, 4) is 0 Å². The molecule has 0 saturated carbocycles. The molecule has 0 aromatic carbocycles. The van der Waals surface area contributed by atoms with Gasteiger partial charge in [0.15, 0.2) is 10.3 Å². The average Bonchev–Trinajstić information content (AvgIpc) is 3.22. The Morgan fingerprint density at radius 3 is 2.68 bits per heavy atom. The number of nitrogens with one attached hydrogen (secondary N) is 2. The molecular weight excluding hydrogens is 394 g/mol. The van der Waals surface area contributed by atoms with Gasteiger partial charge >= 0.3 is 0 Å². The minimum atomic E-state index is -0.127. The van der Waals surface area contributed by atoms with Gasteiger partial charge in [-0.3, -0.25) is 14.5 Å². The lowest BCUT2D eigenvalue weighted by Crippen LogP contribution is -2.43. The Bertz CT molecular complexity index is 826. The SMILES string of the molecule is Cc1nc(NC(=O)CN2CCCC(C(=O)Nc3nc(C(C)C)cs3)C2)sc1C. The van der Waals surface area contributed by atoms with E-state index >= 15 is 0 Å². The molecule has 7 nitrogen and oxygen atoms in total. The van der Waals surface area contributed by atoms with E-state index in [1.54, 1.807) is 0 Å². The Morgan fingerprint density at radius 1 is 1.25 bits per heavy atom. The topological polar surface area (TPSA) is 87.2 Å². The van der Waals surface area contributed by atoms with Crippen LogP contribution >= 0.6 is 22.7 Å². The first-order chi connectivity index (χ1) is 13.3. The first-order valence-electron chi connectivity index (χ1n) is 9.54. The van der Waals surface area contributed by atoms with Crippen molar-refractivity contribution in [2.24, 2.45) is 5.92 Å². The summed E-state index contributed by atoms with van der Waals surface area (Å²) in [5, 5.41) is 9.08. The van der Waals surface area contributed by atoms with Crippen molar-refractivity contribution in [1.82, 2.24) is 14.9 Å². The number of likely N-dealkylation sites (tertiary alicyclic amines) is 1. The van der Waals surface area contributed by atoms with E-state index in [4.69, 9.17) is 0 Å². The summed E-state index contributed by atoms with van der Waals surface area (Å²) >= 11 is 2.94. The van der Waals surface area contributed by atoms with Crippen LogP contribution in [0.1, 0.15) is 48.9 Å². The number of rotatable bonds is 6. The first kappa shape index (κ1) is 20.9. The molecule has 1 atom stereocenters. The van der Waals surface area contributed by atoms with E-state index in [-0.39, 0.29) is 24.3 Å². The number of nitrogens with zero attached hydrogens (tertiary/aromatic N) is 3. The van der Waals surface area contributed by atoms with Crippen LogP contribution in [0.3, 0.4) is 0 Å². The van der Waals surface area contributed by atoms with Gasteiger partial charge in [0.2, 0.25) is 11.8 Å². The Hall–Kier alpha value is -1.84. The molecule has 1 fully saturated rings. The average molecular weight is 422 g/mol. The van der Waals surface area contributed by atoms with Gasteiger partial charge in [0.05, 0.1) is 23.9 Å². The zero-order valence-electron chi connectivity index (χ0n) is 16.7. The smallest absolute Gasteiger partial charge is 0.240 e. The zero-order chi connectivity index (χ0) is 20.3. The summed E-state index contributed by atoms with van der Waals surface area (Å²) in [7, 11) is 0. The minimum absolute atomic E-state index is 0.0130. The molecule has 0 spiro atoms. The highest BCUT2D eigenvalue weighted by Crippen LogP contribution is 2.24. The molecule has 1 unspecified atom stereocenters. The monoisotopic (exact) mass is 421 g/mol. The van der Waals surface area contributed by atoms with Crippen molar-refractivity contribution >= 4 is 44.8 Å². The summed E-state index contributed by atoms with van der Waals surface area (Å²) in [6.07, 6.45) is 1.73. The van der Waals surface area contributed by atoms with Gasteiger partial charge in [0, 0.05) is 16.8 Å². The molecule has 2 aromatic rings. The second-order valence-electron chi connectivity index (χ2n) is 7.50. The molecular formula is C19H27N5O2S2. The van der Waals surface area contributed by atoms with Crippen molar-refractivity contribution in [3.05, 3.63) is 21.6 Å². The molecule has 2 aromatic heterocycles. The maximum Gasteiger partial charge on any atom is 0.240 e. The molecule has 0 bridgehead atoms. The standard InChI is InChI=1S/C19H27N5O2S2/c1-11(2)15-10-27-18(21-15)23-17(26)14-6-5-7-24(8-14)9-16(25)22-19-20-12(3)13(4)28-19/h10-11,14H,5-9H2,1-4H3,(H,20,22,25)(H,21,23,26). The summed E-state index contributed by atoms with van der Waals surface area (Å²) in [5.41, 5.74) is 1.94. The molecule has 1 aliphatic heterocycles. The second kappa shape index (κ2) is 9.11. The Balaban J connectivity index is 1.51. The van der Waals surface area contributed by atoms with Crippen molar-refractivity contribution in [3.63, 3.8) is 0 Å². The third-order valence-electron chi connectivity index (χ3n) is 4.86. The molecule has 28 heavy (non-hydrogen) atoms. The summed E-state index contributed by atoms with van der Waals surface area (Å²) in [6, 6.07) is 0. The highest BCUT2D eigenvalue weighted by molar-refractivity contribution is 7.15. The Labute approximate surface area is 173 Å². The van der Waals surface area contributed by atoms with Crippen LogP contribution in [-0.2, 0) is 9.59 Å². The highest BCUT2D eigenvalue weighted by Gasteiger charge is 2.27. The van der Waals surface area contributed by atoms with Gasteiger partial charge in [-0.15, -0.1) is 22.7 Å². The number of hydrogen-bond acceptors (Lipinski definition) is 7. The lowest BCUT2D eigenvalue weighted by Gasteiger charge is -2.31. The minimum Gasteiger partial charge on any atom is -0.302 e. The summed E-state index contributed by atoms with van der Waals surface area (Å²) < 4.78 is 0. The van der Waals surface area contributed by atoms with Crippen LogP contribution < -0.4 is 10.6 Å². The molecule has 152 valence electrons. The molecule has 3 rings (SSSR count). The molecule has 0 radical (unpaired) electrons. The van der Waals surface area contributed by atoms with Crippen LogP contribution in [0.4, 0.5) is 10.3 Å². The lowest BCUT2D eigenvalue weighted by atomic mass is 9.97. The van der Waals surface area contributed by atoms with Gasteiger partial charge in [0.1, 0.15) is 0 Å². The number of amides is 2. The highest BCUT2D eigenvalue weighted by atomic mass is 32.1. The number of piperidine rings is 1. The first-order valence-corrected chi connectivity index (χ1v) is 11.2. The third kappa shape index (κ3) is 5.36. The molecule has 2 amide bonds. The lowest BCUT2D eigenvalue weighted by molar-refractivity contribution is -0.123. The van der Waals surface area contributed by atoms with E-state index in [9.17, 15) is 9.59 Å². The number of anilines is 2. The summed E-state index contributed by atoms with van der Waals surface area (Å²) in [5.74, 6) is 0.116. The normalized spacial score (nSPS) is 17.7. The van der Waals surface area contributed by atoms with Gasteiger partial charge in [-0.05, 0) is 39.2 Å². The van der Waals surface area contributed by atoms with Crippen molar-refractivity contribution in [1.29, 1.82) is 0 Å². The second-order valence-corrected chi connectivity index (χ2v) is 9.57. The van der Waals surface area contributed by atoms with E-state index in [2.05, 4.69) is 34.4 Å². The fourth-order valence-corrected chi connectivity index (χ4v) is 4.82. The van der Waals surface area contributed by atoms with Crippen LogP contribution in [0.5, 0.6) is 0 Å². The van der Waals surface area contributed by atoms with Crippen LogP contribution in [0, 0.1) is 19.8 Å². The van der Waals surface area contributed by atoms with E-state index in [1.165, 1.54) is 22.7 Å². The summed E-state index contributed by atoms with van der Waals surface area (Å²) in [4.78, 5) is 36.9. The van der Waals surface area contributed by atoms with E-state index in [0.29, 0.717) is 22.7 Å². The number of hydrogen-bond donors (Lipinski definition) is 2. The number of carbonyl (C=O) groups excluding carboxylic acids is 2. The largest absolute Gasteiger partial charge is 0.302 e. The molecule has 3 heterocycles. The number of aromatic nitrogens is 2. The van der Waals surface area contributed by atoms with Crippen molar-refractivity contribution in [2.75, 3.05) is 30.3 Å². The van der Waals surface area contributed by atoms with Gasteiger partial charge in [0.25, 0.3) is 0 Å². The Kier molecular flexibility index (Phi) is 6.79. The zero-order valence-corrected chi connectivity index (χ0v) is 18.4. The van der Waals surface area contributed by atoms with Gasteiger partial charge in [-0.1, -0.05) is 13.8 Å². The quantitative estimate of drug-likeness (QED) is 0.744. The third-order valence-corrected chi connectivity index (χ3v) is 6.63. The molecule has 0 aliphatic carbocycles. The van der Waals surface area contributed by atoms with Gasteiger partial charge < -0.3 is 10.6 Å². The molecule has 1 aliphatic rings. The van der Waals surface area contributed by atoms with Gasteiger partial charge in [-0.25, -0.2) is 9.97 Å². The maximum atomic E-state index is 12.6. The van der Waals surface area contributed by atoms with Crippen LogP contribution in [0.15, 0.2) is 5.38 Å². The fraction of sp³-hybridized carbons (Fsp3) is 0.579. The Morgan fingerprint density at radius 2 is 2.04 bits per heavy atom. The molecule has 9 heteroatoms. The summed E-state index contributed by atoms with van der Waals surface area (Å²) in [6.45, 7) is 9.76. The van der Waals surface area contributed by atoms with E-state index in [1.807, 2.05) is 24.1 Å².